The lowest BCUT2D eigenvalue weighted by Gasteiger charge is -2.29. The Labute approximate surface area is 180 Å². The predicted molar refractivity (Wildman–Crippen MR) is 115 cm³/mol. The van der Waals surface area contributed by atoms with Crippen LogP contribution in [0.1, 0.15) is 51.6 Å². The number of carbonyl (C=O) groups is 2. The molecule has 2 heterocycles. The van der Waals surface area contributed by atoms with Gasteiger partial charge in [-0.3, -0.25) is 14.7 Å². The molecule has 2 aromatic rings. The summed E-state index contributed by atoms with van der Waals surface area (Å²) in [6, 6.07) is 1.65. The molecule has 9 heteroatoms. The van der Waals surface area contributed by atoms with Crippen molar-refractivity contribution in [1.29, 1.82) is 0 Å². The first-order chi connectivity index (χ1) is 14.4. The third kappa shape index (κ3) is 5.37. The van der Waals surface area contributed by atoms with E-state index in [1.165, 1.54) is 13.1 Å². The Hall–Kier alpha value is -2.45. The molecule has 1 aliphatic carbocycles. The molecule has 0 aromatic carbocycles. The minimum Gasteiger partial charge on any atom is -0.384 e. The molecule has 1 saturated carbocycles. The normalized spacial score (nSPS) is 19.9. The summed E-state index contributed by atoms with van der Waals surface area (Å²) in [5.74, 6) is -0.345. The number of nitrogens with zero attached hydrogens (tertiary/aromatic N) is 2. The topological polar surface area (TPSA) is 120 Å². The van der Waals surface area contributed by atoms with Crippen LogP contribution in [0.15, 0.2) is 18.5 Å². The second kappa shape index (κ2) is 10.0. The summed E-state index contributed by atoms with van der Waals surface area (Å²) >= 11 is 6.36. The van der Waals surface area contributed by atoms with Gasteiger partial charge >= 0.3 is 0 Å². The van der Waals surface area contributed by atoms with Crippen LogP contribution in [0.25, 0.3) is 11.1 Å². The van der Waals surface area contributed by atoms with E-state index in [-0.39, 0.29) is 17.9 Å². The Kier molecular flexibility index (Phi) is 7.44. The predicted octanol–water partition coefficient (Wildman–Crippen LogP) is 3.07. The van der Waals surface area contributed by atoms with Crippen molar-refractivity contribution in [2.45, 2.75) is 64.5 Å². The number of aliphatic hydroxyl groups excluding tert-OH is 1. The second-order valence-corrected chi connectivity index (χ2v) is 8.20. The van der Waals surface area contributed by atoms with Crippen molar-refractivity contribution < 1.29 is 14.7 Å². The Morgan fingerprint density at radius 1 is 1.33 bits per heavy atom. The third-order valence-corrected chi connectivity index (χ3v) is 5.69. The van der Waals surface area contributed by atoms with Crippen LogP contribution < -0.4 is 10.6 Å². The first-order valence-electron chi connectivity index (χ1n) is 10.4. The number of amides is 2. The molecule has 3 atom stereocenters. The van der Waals surface area contributed by atoms with Crippen molar-refractivity contribution in [3.05, 3.63) is 29.2 Å². The number of rotatable bonds is 7. The standard InChI is InChI=1S/C21H28ClN5O3/c1-3-5-18-16(10-24-27-18)15-9-19(23-11-17(15)22)26-21(30)13-6-4-7-14(8-13)25-20(29)12(2)28/h9-14,28H,3-8H2,1-2H3,(H,24,27)(H,25,29)(H,23,26,30)/t12-,13-,14+/m0/s1. The van der Waals surface area contributed by atoms with E-state index in [0.717, 1.165) is 48.9 Å². The fourth-order valence-electron chi connectivity index (χ4n) is 3.81. The molecule has 1 fully saturated rings. The molecule has 3 rings (SSSR count). The zero-order chi connectivity index (χ0) is 21.7. The van der Waals surface area contributed by atoms with Gasteiger partial charge in [0, 0.05) is 35.0 Å². The molecule has 0 spiro atoms. The lowest BCUT2D eigenvalue weighted by molar-refractivity contribution is -0.130. The van der Waals surface area contributed by atoms with E-state index in [4.69, 9.17) is 11.6 Å². The Morgan fingerprint density at radius 3 is 2.87 bits per heavy atom. The van der Waals surface area contributed by atoms with E-state index in [2.05, 4.69) is 32.7 Å². The molecule has 0 bridgehead atoms. The van der Waals surface area contributed by atoms with E-state index in [1.807, 2.05) is 0 Å². The maximum atomic E-state index is 12.8. The molecule has 1 aliphatic rings. The number of aromatic nitrogens is 3. The third-order valence-electron chi connectivity index (χ3n) is 5.39. The first kappa shape index (κ1) is 22.2. The molecule has 2 amide bonds. The molecule has 4 N–H and O–H groups in total. The summed E-state index contributed by atoms with van der Waals surface area (Å²) in [5, 5.41) is 22.7. The number of hydrogen-bond donors (Lipinski definition) is 4. The summed E-state index contributed by atoms with van der Waals surface area (Å²) in [6.45, 7) is 3.52. The van der Waals surface area contributed by atoms with Gasteiger partial charge in [-0.2, -0.15) is 5.10 Å². The molecular weight excluding hydrogens is 406 g/mol. The van der Waals surface area contributed by atoms with Gasteiger partial charge in [0.25, 0.3) is 0 Å². The molecule has 0 radical (unpaired) electrons. The van der Waals surface area contributed by atoms with Crippen LogP contribution in [-0.2, 0) is 16.0 Å². The van der Waals surface area contributed by atoms with Crippen molar-refractivity contribution >= 4 is 29.2 Å². The van der Waals surface area contributed by atoms with Crippen molar-refractivity contribution in [1.82, 2.24) is 20.5 Å². The molecule has 0 unspecified atom stereocenters. The van der Waals surface area contributed by atoms with E-state index < -0.39 is 12.0 Å². The maximum absolute atomic E-state index is 12.8. The van der Waals surface area contributed by atoms with Crippen LogP contribution in [0.5, 0.6) is 0 Å². The number of hydrogen-bond acceptors (Lipinski definition) is 5. The number of halogens is 1. The summed E-state index contributed by atoms with van der Waals surface area (Å²) < 4.78 is 0. The van der Waals surface area contributed by atoms with Gasteiger partial charge in [-0.25, -0.2) is 4.98 Å². The lowest BCUT2D eigenvalue weighted by Crippen LogP contribution is -2.44. The second-order valence-electron chi connectivity index (χ2n) is 7.80. The van der Waals surface area contributed by atoms with E-state index >= 15 is 0 Å². The van der Waals surface area contributed by atoms with Crippen LogP contribution in [0.3, 0.4) is 0 Å². The fourth-order valence-corrected chi connectivity index (χ4v) is 4.01. The van der Waals surface area contributed by atoms with Crippen molar-refractivity contribution in [2.75, 3.05) is 5.32 Å². The zero-order valence-corrected chi connectivity index (χ0v) is 18.0. The largest absolute Gasteiger partial charge is 0.384 e. The molecule has 162 valence electrons. The highest BCUT2D eigenvalue weighted by Gasteiger charge is 2.29. The summed E-state index contributed by atoms with van der Waals surface area (Å²) in [5.41, 5.74) is 2.66. The van der Waals surface area contributed by atoms with Crippen LogP contribution in [0.2, 0.25) is 5.02 Å². The van der Waals surface area contributed by atoms with E-state index in [9.17, 15) is 14.7 Å². The van der Waals surface area contributed by atoms with Gasteiger partial charge in [0.2, 0.25) is 11.8 Å². The van der Waals surface area contributed by atoms with Crippen molar-refractivity contribution in [3.8, 4) is 11.1 Å². The van der Waals surface area contributed by atoms with Crippen LogP contribution >= 0.6 is 11.6 Å². The smallest absolute Gasteiger partial charge is 0.248 e. The van der Waals surface area contributed by atoms with Crippen molar-refractivity contribution in [3.63, 3.8) is 0 Å². The minimum atomic E-state index is -1.06. The number of aliphatic hydroxyl groups is 1. The average molecular weight is 434 g/mol. The summed E-state index contributed by atoms with van der Waals surface area (Å²) in [6.07, 6.45) is 6.92. The minimum absolute atomic E-state index is 0.118. The molecule has 2 aromatic heterocycles. The van der Waals surface area contributed by atoms with Crippen LogP contribution in [-0.4, -0.2) is 44.2 Å². The SMILES string of the molecule is CCCc1[nH]ncc1-c1cc(NC(=O)[C@H]2CCC[C@@H](NC(=O)[C@H](C)O)C2)ncc1Cl. The molecule has 30 heavy (non-hydrogen) atoms. The molecule has 0 saturated heterocycles. The van der Waals surface area contributed by atoms with Crippen molar-refractivity contribution in [2.24, 2.45) is 5.92 Å². The van der Waals surface area contributed by atoms with Gasteiger partial charge in [0.15, 0.2) is 0 Å². The highest BCUT2D eigenvalue weighted by atomic mass is 35.5. The average Bonchev–Trinajstić information content (AvgIpc) is 3.18. The van der Waals surface area contributed by atoms with Gasteiger partial charge < -0.3 is 15.7 Å². The summed E-state index contributed by atoms with van der Waals surface area (Å²) in [4.78, 5) is 28.8. The van der Waals surface area contributed by atoms with Gasteiger partial charge in [0.1, 0.15) is 11.9 Å². The Balaban J connectivity index is 1.69. The summed E-state index contributed by atoms with van der Waals surface area (Å²) in [7, 11) is 0. The van der Waals surface area contributed by atoms with E-state index in [0.29, 0.717) is 17.3 Å². The lowest BCUT2D eigenvalue weighted by atomic mass is 9.85. The molecular formula is C21H28ClN5O3. The van der Waals surface area contributed by atoms with E-state index in [1.54, 1.807) is 12.3 Å². The maximum Gasteiger partial charge on any atom is 0.248 e. The number of aryl methyl sites for hydroxylation is 1. The van der Waals surface area contributed by atoms with Crippen LogP contribution in [0.4, 0.5) is 5.82 Å². The number of carbonyl (C=O) groups excluding carboxylic acids is 2. The molecule has 8 nitrogen and oxygen atoms in total. The number of anilines is 1. The zero-order valence-electron chi connectivity index (χ0n) is 17.2. The Morgan fingerprint density at radius 2 is 2.13 bits per heavy atom. The highest BCUT2D eigenvalue weighted by Crippen LogP contribution is 2.32. The highest BCUT2D eigenvalue weighted by molar-refractivity contribution is 6.33. The quantitative estimate of drug-likeness (QED) is 0.534. The number of nitrogens with one attached hydrogen (secondary N) is 3. The van der Waals surface area contributed by atoms with Gasteiger partial charge in [-0.15, -0.1) is 0 Å². The monoisotopic (exact) mass is 433 g/mol. The number of pyridine rings is 1. The van der Waals surface area contributed by atoms with Gasteiger partial charge in [0.05, 0.1) is 11.2 Å². The van der Waals surface area contributed by atoms with Gasteiger partial charge in [-0.1, -0.05) is 31.4 Å². The van der Waals surface area contributed by atoms with Crippen LogP contribution in [0, 0.1) is 5.92 Å². The van der Waals surface area contributed by atoms with Gasteiger partial charge in [-0.05, 0) is 38.7 Å². The first-order valence-corrected chi connectivity index (χ1v) is 10.7. The Bertz CT molecular complexity index is 899. The number of H-pyrrole nitrogens is 1. The molecule has 0 aliphatic heterocycles. The fraction of sp³-hybridized carbons (Fsp3) is 0.524. The number of aromatic amines is 1.